The molecule has 3 fully saturated rings. The van der Waals surface area contributed by atoms with Gasteiger partial charge in [-0.2, -0.15) is 0 Å². The van der Waals surface area contributed by atoms with Crippen molar-refractivity contribution in [3.8, 4) is 0 Å². The second-order valence-electron chi connectivity index (χ2n) is 7.75. The molecule has 0 saturated heterocycles. The topological polar surface area (TPSA) is 51.4 Å². The van der Waals surface area contributed by atoms with Crippen molar-refractivity contribution in [3.63, 3.8) is 0 Å². The Balaban J connectivity index is 1.46. The maximum absolute atomic E-state index is 5.65. The number of hydrogen-bond acceptors (Lipinski definition) is 5. The van der Waals surface area contributed by atoms with Gasteiger partial charge in [0.1, 0.15) is 0 Å². The van der Waals surface area contributed by atoms with Crippen molar-refractivity contribution in [1.29, 1.82) is 0 Å². The first-order valence-corrected chi connectivity index (χ1v) is 9.28. The third kappa shape index (κ3) is 2.93. The quantitative estimate of drug-likeness (QED) is 0.723. The monoisotopic (exact) mass is 319 g/mol. The molecule has 0 aliphatic heterocycles. The lowest BCUT2D eigenvalue weighted by Crippen LogP contribution is -2.43. The van der Waals surface area contributed by atoms with Crippen LogP contribution in [0.3, 0.4) is 0 Å². The van der Waals surface area contributed by atoms with Crippen LogP contribution < -0.4 is 0 Å². The third-order valence-corrected chi connectivity index (χ3v) is 6.56. The van der Waals surface area contributed by atoms with E-state index >= 15 is 0 Å². The second kappa shape index (κ2) is 6.52. The zero-order chi connectivity index (χ0) is 15.8. The van der Waals surface area contributed by atoms with Crippen molar-refractivity contribution in [3.05, 3.63) is 11.8 Å². The fourth-order valence-corrected chi connectivity index (χ4v) is 5.80. The summed E-state index contributed by atoms with van der Waals surface area (Å²) in [5.74, 6) is 5.35. The molecular formula is C18H29N3O2. The van der Waals surface area contributed by atoms with Crippen molar-refractivity contribution in [2.75, 3.05) is 20.3 Å². The highest BCUT2D eigenvalue weighted by Gasteiger charge is 2.54. The molecule has 5 atom stereocenters. The van der Waals surface area contributed by atoms with Crippen molar-refractivity contribution in [1.82, 2.24) is 15.1 Å². The maximum Gasteiger partial charge on any atom is 0.230 e. The predicted octanol–water partition coefficient (Wildman–Crippen LogP) is 3.04. The molecule has 0 N–H and O–H groups in total. The number of nitrogens with zero attached hydrogens (tertiary/aromatic N) is 3. The first-order chi connectivity index (χ1) is 11.3. The number of fused-ring (bicyclic) bond motifs is 5. The van der Waals surface area contributed by atoms with Gasteiger partial charge in [-0.25, -0.2) is 0 Å². The van der Waals surface area contributed by atoms with Gasteiger partial charge < -0.3 is 9.15 Å². The van der Waals surface area contributed by atoms with Crippen molar-refractivity contribution in [2.45, 2.75) is 58.0 Å². The standard InChI is InChI=1S/C18H29N3O2/c1-12-19-20-18(23-12)11-21(7-4-8-22-2)17-10-13-9-16(17)15-6-3-5-14(13)15/h13-17H,3-11H2,1-2H3/t13-,14+,15+,16+,17-/m1/s1. The minimum Gasteiger partial charge on any atom is -0.424 e. The van der Waals surface area contributed by atoms with E-state index in [0.29, 0.717) is 11.9 Å². The zero-order valence-electron chi connectivity index (χ0n) is 14.4. The summed E-state index contributed by atoms with van der Waals surface area (Å²) < 4.78 is 10.9. The summed E-state index contributed by atoms with van der Waals surface area (Å²) in [5, 5.41) is 8.22. The number of methoxy groups -OCH3 is 1. The lowest BCUT2D eigenvalue weighted by Gasteiger charge is -2.38. The van der Waals surface area contributed by atoms with Crippen LogP contribution in [0.5, 0.6) is 0 Å². The Morgan fingerprint density at radius 2 is 2.04 bits per heavy atom. The maximum atomic E-state index is 5.65. The van der Waals surface area contributed by atoms with E-state index in [-0.39, 0.29) is 0 Å². The summed E-state index contributed by atoms with van der Waals surface area (Å²) in [5.41, 5.74) is 0. The highest BCUT2D eigenvalue weighted by Crippen LogP contribution is 2.59. The molecule has 1 aromatic heterocycles. The predicted molar refractivity (Wildman–Crippen MR) is 86.8 cm³/mol. The average molecular weight is 319 g/mol. The normalized spacial score (nSPS) is 35.3. The number of ether oxygens (including phenoxy) is 1. The molecule has 4 rings (SSSR count). The van der Waals surface area contributed by atoms with Gasteiger partial charge in [-0.1, -0.05) is 6.42 Å². The summed E-state index contributed by atoms with van der Waals surface area (Å²) in [6, 6.07) is 0.711. The summed E-state index contributed by atoms with van der Waals surface area (Å²) in [6.45, 7) is 4.56. The largest absolute Gasteiger partial charge is 0.424 e. The Morgan fingerprint density at radius 3 is 2.83 bits per heavy atom. The van der Waals surface area contributed by atoms with Crippen LogP contribution >= 0.6 is 0 Å². The van der Waals surface area contributed by atoms with E-state index in [9.17, 15) is 0 Å². The molecule has 0 amide bonds. The van der Waals surface area contributed by atoms with Crippen LogP contribution in [0.1, 0.15) is 50.3 Å². The highest BCUT2D eigenvalue weighted by molar-refractivity contribution is 5.06. The SMILES string of the molecule is COCCCN(Cc1nnc(C)o1)[C@@H]1C[C@H]2C[C@H]1[C@H]1CCC[C@@H]21. The Hall–Kier alpha value is -0.940. The number of hydrogen-bond donors (Lipinski definition) is 0. The molecule has 0 aromatic carbocycles. The fraction of sp³-hybridized carbons (Fsp3) is 0.889. The Morgan fingerprint density at radius 1 is 1.17 bits per heavy atom. The molecule has 5 nitrogen and oxygen atoms in total. The minimum atomic E-state index is 0.667. The van der Waals surface area contributed by atoms with Gasteiger partial charge in [0.05, 0.1) is 6.54 Å². The molecule has 128 valence electrons. The second-order valence-corrected chi connectivity index (χ2v) is 7.75. The van der Waals surface area contributed by atoms with Crippen LogP contribution in [0.4, 0.5) is 0 Å². The molecule has 5 heteroatoms. The van der Waals surface area contributed by atoms with E-state index in [1.807, 2.05) is 6.92 Å². The van der Waals surface area contributed by atoms with E-state index in [1.165, 1.54) is 32.1 Å². The molecule has 1 aromatic rings. The van der Waals surface area contributed by atoms with Gasteiger partial charge in [-0.3, -0.25) is 4.90 Å². The minimum absolute atomic E-state index is 0.667. The molecular weight excluding hydrogens is 290 g/mol. The third-order valence-electron chi connectivity index (χ3n) is 6.56. The van der Waals surface area contributed by atoms with Crippen molar-refractivity contribution < 1.29 is 9.15 Å². The molecule has 2 bridgehead atoms. The van der Waals surface area contributed by atoms with Crippen LogP contribution in [0.2, 0.25) is 0 Å². The van der Waals surface area contributed by atoms with E-state index < -0.39 is 0 Å². The van der Waals surface area contributed by atoms with Gasteiger partial charge in [-0.15, -0.1) is 10.2 Å². The van der Waals surface area contributed by atoms with Crippen LogP contribution in [-0.2, 0) is 11.3 Å². The Bertz CT molecular complexity index is 532. The first kappa shape index (κ1) is 15.6. The zero-order valence-corrected chi connectivity index (χ0v) is 14.4. The van der Waals surface area contributed by atoms with Gasteiger partial charge in [-0.05, 0) is 55.8 Å². The lowest BCUT2D eigenvalue weighted by molar-refractivity contribution is 0.0710. The lowest BCUT2D eigenvalue weighted by atomic mass is 9.78. The van der Waals surface area contributed by atoms with Gasteiger partial charge in [0.25, 0.3) is 0 Å². The number of aromatic nitrogens is 2. The van der Waals surface area contributed by atoms with Gasteiger partial charge in [0.15, 0.2) is 0 Å². The highest BCUT2D eigenvalue weighted by atomic mass is 16.5. The van der Waals surface area contributed by atoms with Crippen molar-refractivity contribution >= 4 is 0 Å². The number of rotatable bonds is 7. The van der Waals surface area contributed by atoms with E-state index in [1.54, 1.807) is 7.11 Å². The van der Waals surface area contributed by atoms with Crippen LogP contribution in [0, 0.1) is 30.6 Å². The molecule has 23 heavy (non-hydrogen) atoms. The van der Waals surface area contributed by atoms with E-state index in [4.69, 9.17) is 9.15 Å². The molecule has 0 radical (unpaired) electrons. The molecule has 3 saturated carbocycles. The number of aryl methyl sites for hydroxylation is 1. The van der Waals surface area contributed by atoms with Crippen LogP contribution in [-0.4, -0.2) is 41.4 Å². The first-order valence-electron chi connectivity index (χ1n) is 9.28. The van der Waals surface area contributed by atoms with Crippen LogP contribution in [0.15, 0.2) is 4.42 Å². The molecule has 3 aliphatic carbocycles. The van der Waals surface area contributed by atoms with Crippen LogP contribution in [0.25, 0.3) is 0 Å². The van der Waals surface area contributed by atoms with Gasteiger partial charge >= 0.3 is 0 Å². The summed E-state index contributed by atoms with van der Waals surface area (Å²) in [6.07, 6.45) is 8.34. The summed E-state index contributed by atoms with van der Waals surface area (Å²) in [4.78, 5) is 2.62. The molecule has 3 aliphatic rings. The van der Waals surface area contributed by atoms with Crippen molar-refractivity contribution in [2.24, 2.45) is 23.7 Å². The van der Waals surface area contributed by atoms with Gasteiger partial charge in [0, 0.05) is 33.2 Å². The van der Waals surface area contributed by atoms with E-state index in [2.05, 4.69) is 15.1 Å². The smallest absolute Gasteiger partial charge is 0.230 e. The van der Waals surface area contributed by atoms with Gasteiger partial charge in [0.2, 0.25) is 11.8 Å². The fourth-order valence-electron chi connectivity index (χ4n) is 5.80. The Kier molecular flexibility index (Phi) is 4.41. The molecule has 0 spiro atoms. The molecule has 1 heterocycles. The summed E-state index contributed by atoms with van der Waals surface area (Å²) >= 11 is 0. The average Bonchev–Trinajstić information content (AvgIpc) is 3.28. The van der Waals surface area contributed by atoms with E-state index in [0.717, 1.165) is 55.7 Å². The summed E-state index contributed by atoms with van der Waals surface area (Å²) in [7, 11) is 1.78. The Labute approximate surface area is 138 Å². The molecule has 0 unspecified atom stereocenters.